The molecule has 1 rings (SSSR count). The Kier molecular flexibility index (Phi) is 4.16. The van der Waals surface area contributed by atoms with Crippen LogP contribution in [0.5, 0.6) is 0 Å². The molecule has 16 heavy (non-hydrogen) atoms. The van der Waals surface area contributed by atoms with Crippen molar-refractivity contribution in [2.45, 2.75) is 12.8 Å². The topological polar surface area (TPSA) is 46.5 Å². The second-order valence-corrected chi connectivity index (χ2v) is 3.07. The molecule has 0 atom stereocenters. The van der Waals surface area contributed by atoms with Gasteiger partial charge in [-0.3, -0.25) is 0 Å². The van der Waals surface area contributed by atoms with Crippen molar-refractivity contribution in [1.82, 2.24) is 0 Å². The van der Waals surface area contributed by atoms with Crippen LogP contribution in [-0.2, 0) is 11.2 Å². The van der Waals surface area contributed by atoms with E-state index in [1.807, 2.05) is 0 Å². The van der Waals surface area contributed by atoms with E-state index in [0.29, 0.717) is 12.1 Å². The van der Waals surface area contributed by atoms with Gasteiger partial charge in [-0.25, -0.2) is 18.0 Å². The Morgan fingerprint density at radius 2 is 1.81 bits per heavy atom. The van der Waals surface area contributed by atoms with Crippen molar-refractivity contribution in [3.8, 4) is 0 Å². The predicted octanol–water partition coefficient (Wildman–Crippen LogP) is 2.73. The van der Waals surface area contributed by atoms with Crippen LogP contribution in [0.25, 0.3) is 0 Å². The summed E-state index contributed by atoms with van der Waals surface area (Å²) in [5.41, 5.74) is -0.268. The largest absolute Gasteiger partial charge is 0.505 e. The summed E-state index contributed by atoms with van der Waals surface area (Å²) in [6, 6.07) is 1.16. The minimum Gasteiger partial charge on any atom is -0.450 e. The maximum Gasteiger partial charge on any atom is 0.505 e. The normalized spacial score (nSPS) is 10.2. The van der Waals surface area contributed by atoms with E-state index in [1.54, 1.807) is 0 Å². The Bertz CT molecular complexity index is 370. The monoisotopic (exact) mass is 234 g/mol. The second-order valence-electron chi connectivity index (χ2n) is 3.07. The number of rotatable bonds is 4. The third-order valence-electron chi connectivity index (χ3n) is 1.90. The number of carbonyl (C=O) groups is 1. The van der Waals surface area contributed by atoms with Crippen LogP contribution in [0.3, 0.4) is 0 Å². The second kappa shape index (κ2) is 5.39. The smallest absolute Gasteiger partial charge is 0.450 e. The molecule has 0 aliphatic rings. The summed E-state index contributed by atoms with van der Waals surface area (Å²) in [6.07, 6.45) is -1.36. The van der Waals surface area contributed by atoms with Gasteiger partial charge in [0, 0.05) is 17.7 Å². The molecule has 0 amide bonds. The minimum absolute atomic E-state index is 0.0504. The van der Waals surface area contributed by atoms with Gasteiger partial charge in [-0.05, 0) is 12.8 Å². The zero-order valence-electron chi connectivity index (χ0n) is 8.17. The molecule has 0 saturated heterocycles. The number of ether oxygens (including phenoxy) is 1. The number of benzene rings is 1. The first-order valence-corrected chi connectivity index (χ1v) is 4.50. The molecule has 0 bridgehead atoms. The zero-order valence-corrected chi connectivity index (χ0v) is 8.17. The quantitative estimate of drug-likeness (QED) is 0.643. The van der Waals surface area contributed by atoms with E-state index in [1.165, 1.54) is 0 Å². The van der Waals surface area contributed by atoms with Crippen LogP contribution >= 0.6 is 0 Å². The molecular formula is C10H9F3O3. The van der Waals surface area contributed by atoms with Crippen LogP contribution in [0.1, 0.15) is 12.0 Å². The van der Waals surface area contributed by atoms with Gasteiger partial charge in [0.15, 0.2) is 0 Å². The Hall–Kier alpha value is -1.72. The number of carboxylic acid groups (broad SMARTS) is 1. The van der Waals surface area contributed by atoms with Gasteiger partial charge in [-0.2, -0.15) is 0 Å². The summed E-state index contributed by atoms with van der Waals surface area (Å²) in [5, 5.41) is 8.14. The highest BCUT2D eigenvalue weighted by Gasteiger charge is 2.11. The van der Waals surface area contributed by atoms with Crippen LogP contribution in [0.15, 0.2) is 12.1 Å². The average molecular weight is 234 g/mol. The van der Waals surface area contributed by atoms with Crippen molar-refractivity contribution >= 4 is 6.16 Å². The Morgan fingerprint density at radius 3 is 2.31 bits per heavy atom. The lowest BCUT2D eigenvalue weighted by Gasteiger charge is -2.05. The van der Waals surface area contributed by atoms with E-state index in [-0.39, 0.29) is 25.0 Å². The molecule has 1 aromatic carbocycles. The fraction of sp³-hybridized carbons (Fsp3) is 0.300. The van der Waals surface area contributed by atoms with Crippen LogP contribution in [0.4, 0.5) is 18.0 Å². The molecule has 0 aliphatic carbocycles. The Morgan fingerprint density at radius 1 is 1.25 bits per heavy atom. The number of hydrogen-bond donors (Lipinski definition) is 1. The van der Waals surface area contributed by atoms with Gasteiger partial charge in [-0.15, -0.1) is 0 Å². The number of hydrogen-bond acceptors (Lipinski definition) is 2. The van der Waals surface area contributed by atoms with Gasteiger partial charge in [-0.1, -0.05) is 0 Å². The van der Waals surface area contributed by atoms with Gasteiger partial charge in [0.25, 0.3) is 0 Å². The standard InChI is InChI=1S/C10H9F3O3/c11-6-4-8(12)7(9(13)5-6)2-1-3-16-10(14)15/h4-5H,1-3H2,(H,14,15). The fourth-order valence-corrected chi connectivity index (χ4v) is 1.22. The molecule has 3 nitrogen and oxygen atoms in total. The fourth-order valence-electron chi connectivity index (χ4n) is 1.22. The molecule has 0 aromatic heterocycles. The van der Waals surface area contributed by atoms with Crippen LogP contribution in [0.2, 0.25) is 0 Å². The summed E-state index contributed by atoms with van der Waals surface area (Å²) in [7, 11) is 0. The van der Waals surface area contributed by atoms with E-state index in [0.717, 1.165) is 0 Å². The Balaban J connectivity index is 2.57. The first kappa shape index (κ1) is 12.4. The first-order chi connectivity index (χ1) is 7.50. The molecule has 0 heterocycles. The molecule has 1 N–H and O–H groups in total. The molecule has 6 heteroatoms. The third kappa shape index (κ3) is 3.45. The summed E-state index contributed by atoms with van der Waals surface area (Å²) >= 11 is 0. The zero-order chi connectivity index (χ0) is 12.1. The average Bonchev–Trinajstić information content (AvgIpc) is 2.14. The van der Waals surface area contributed by atoms with Crippen LogP contribution < -0.4 is 0 Å². The summed E-state index contributed by atoms with van der Waals surface area (Å²) in [6.45, 7) is -0.161. The lowest BCUT2D eigenvalue weighted by molar-refractivity contribution is 0.0906. The molecule has 0 spiro atoms. The lowest BCUT2D eigenvalue weighted by Crippen LogP contribution is -2.05. The molecule has 0 unspecified atom stereocenters. The van der Waals surface area contributed by atoms with Gasteiger partial charge in [0.05, 0.1) is 6.61 Å². The first-order valence-electron chi connectivity index (χ1n) is 4.50. The highest BCUT2D eigenvalue weighted by Crippen LogP contribution is 2.16. The predicted molar refractivity (Wildman–Crippen MR) is 48.6 cm³/mol. The molecule has 1 aromatic rings. The van der Waals surface area contributed by atoms with E-state index in [2.05, 4.69) is 4.74 Å². The molecule has 0 radical (unpaired) electrons. The van der Waals surface area contributed by atoms with Crippen molar-refractivity contribution in [2.24, 2.45) is 0 Å². The summed E-state index contributed by atoms with van der Waals surface area (Å²) in [5.74, 6) is -2.94. The van der Waals surface area contributed by atoms with Crippen molar-refractivity contribution in [1.29, 1.82) is 0 Å². The highest BCUT2D eigenvalue weighted by molar-refractivity contribution is 5.56. The number of halogens is 3. The third-order valence-corrected chi connectivity index (χ3v) is 1.90. The molecule has 0 aliphatic heterocycles. The molecular weight excluding hydrogens is 225 g/mol. The lowest BCUT2D eigenvalue weighted by atomic mass is 10.1. The van der Waals surface area contributed by atoms with Gasteiger partial charge >= 0.3 is 6.16 Å². The van der Waals surface area contributed by atoms with Crippen molar-refractivity contribution < 1.29 is 27.8 Å². The van der Waals surface area contributed by atoms with Crippen molar-refractivity contribution in [3.63, 3.8) is 0 Å². The van der Waals surface area contributed by atoms with E-state index < -0.39 is 23.6 Å². The SMILES string of the molecule is O=C(O)OCCCc1c(F)cc(F)cc1F. The van der Waals surface area contributed by atoms with Gasteiger partial charge < -0.3 is 9.84 Å². The Labute approximate surface area is 89.5 Å². The maximum absolute atomic E-state index is 13.1. The molecule has 88 valence electrons. The van der Waals surface area contributed by atoms with E-state index in [9.17, 15) is 18.0 Å². The van der Waals surface area contributed by atoms with E-state index >= 15 is 0 Å². The summed E-state index contributed by atoms with van der Waals surface area (Å²) < 4.78 is 42.8. The molecule has 0 fully saturated rings. The minimum atomic E-state index is -1.44. The van der Waals surface area contributed by atoms with E-state index in [4.69, 9.17) is 5.11 Å². The van der Waals surface area contributed by atoms with Crippen LogP contribution in [-0.4, -0.2) is 17.9 Å². The van der Waals surface area contributed by atoms with Crippen molar-refractivity contribution in [2.75, 3.05) is 6.61 Å². The maximum atomic E-state index is 13.1. The van der Waals surface area contributed by atoms with Crippen molar-refractivity contribution in [3.05, 3.63) is 35.1 Å². The van der Waals surface area contributed by atoms with Crippen LogP contribution in [0, 0.1) is 17.5 Å². The highest BCUT2D eigenvalue weighted by atomic mass is 19.1. The molecule has 0 saturated carbocycles. The summed E-state index contributed by atoms with van der Waals surface area (Å²) in [4.78, 5) is 9.97. The van der Waals surface area contributed by atoms with Gasteiger partial charge in [0.1, 0.15) is 17.5 Å². The van der Waals surface area contributed by atoms with Gasteiger partial charge in [0.2, 0.25) is 0 Å².